The molecule has 4 aromatic rings. The average molecular weight is 499 g/mol. The fourth-order valence-electron chi connectivity index (χ4n) is 4.82. The molecule has 0 unspecified atom stereocenters. The maximum Gasteiger partial charge on any atom is 0.254 e. The molecule has 1 fully saturated rings. The summed E-state index contributed by atoms with van der Waals surface area (Å²) in [6.45, 7) is 3.46. The van der Waals surface area contributed by atoms with Crippen molar-refractivity contribution in [1.82, 2.24) is 19.8 Å². The van der Waals surface area contributed by atoms with Crippen LogP contribution in [0, 0.1) is 0 Å². The maximum atomic E-state index is 13.7. The number of aromatic nitrogens is 2. The lowest BCUT2D eigenvalue weighted by Gasteiger charge is -2.35. The Morgan fingerprint density at radius 1 is 0.892 bits per heavy atom. The third-order valence-corrected chi connectivity index (χ3v) is 6.74. The lowest BCUT2D eigenvalue weighted by molar-refractivity contribution is 0.0629. The number of hydrogen-bond donors (Lipinski definition) is 0. The summed E-state index contributed by atoms with van der Waals surface area (Å²) in [6.07, 6.45) is 3.50. The van der Waals surface area contributed by atoms with E-state index < -0.39 is 0 Å². The van der Waals surface area contributed by atoms with Crippen LogP contribution in [0.2, 0.25) is 0 Å². The second-order valence-electron chi connectivity index (χ2n) is 8.88. The summed E-state index contributed by atoms with van der Waals surface area (Å²) < 4.78 is 16.6. The average Bonchev–Trinajstić information content (AvgIpc) is 2.96. The van der Waals surface area contributed by atoms with E-state index in [-0.39, 0.29) is 5.91 Å². The maximum absolute atomic E-state index is 13.7. The molecule has 2 aromatic heterocycles. The minimum absolute atomic E-state index is 0.0205. The molecule has 1 aliphatic rings. The molecule has 5 rings (SSSR count). The van der Waals surface area contributed by atoms with Crippen LogP contribution in [0.25, 0.3) is 22.2 Å². The number of fused-ring (bicyclic) bond motifs is 1. The summed E-state index contributed by atoms with van der Waals surface area (Å²) in [6, 6.07) is 17.4. The Labute approximate surface area is 216 Å². The van der Waals surface area contributed by atoms with Gasteiger partial charge in [-0.15, -0.1) is 0 Å². The van der Waals surface area contributed by atoms with Crippen molar-refractivity contribution in [1.29, 1.82) is 0 Å². The van der Waals surface area contributed by atoms with Gasteiger partial charge in [0.15, 0.2) is 11.5 Å². The number of amides is 1. The van der Waals surface area contributed by atoms with Gasteiger partial charge in [0.25, 0.3) is 5.91 Å². The van der Waals surface area contributed by atoms with Crippen LogP contribution in [0.3, 0.4) is 0 Å². The summed E-state index contributed by atoms with van der Waals surface area (Å²) in [5.41, 5.74) is 4.11. The number of para-hydroxylation sites is 1. The van der Waals surface area contributed by atoms with E-state index in [1.165, 1.54) is 0 Å². The van der Waals surface area contributed by atoms with E-state index in [4.69, 9.17) is 19.2 Å². The smallest absolute Gasteiger partial charge is 0.254 e. The number of carbonyl (C=O) groups excluding carboxylic acids is 1. The fraction of sp³-hybridized carbons (Fsp3) is 0.276. The van der Waals surface area contributed by atoms with Crippen molar-refractivity contribution in [2.45, 2.75) is 6.54 Å². The van der Waals surface area contributed by atoms with E-state index in [0.717, 1.165) is 40.8 Å². The first-order chi connectivity index (χ1) is 18.1. The predicted molar refractivity (Wildman–Crippen MR) is 142 cm³/mol. The van der Waals surface area contributed by atoms with Gasteiger partial charge in [-0.05, 0) is 30.3 Å². The molecule has 190 valence electrons. The molecule has 0 spiro atoms. The van der Waals surface area contributed by atoms with Gasteiger partial charge in [-0.1, -0.05) is 24.3 Å². The van der Waals surface area contributed by atoms with Gasteiger partial charge in [-0.3, -0.25) is 14.7 Å². The van der Waals surface area contributed by atoms with Crippen molar-refractivity contribution < 1.29 is 19.0 Å². The molecular weight excluding hydrogens is 468 g/mol. The van der Waals surface area contributed by atoms with Gasteiger partial charge < -0.3 is 19.1 Å². The molecule has 0 N–H and O–H groups in total. The third-order valence-electron chi connectivity index (χ3n) is 6.74. The summed E-state index contributed by atoms with van der Waals surface area (Å²) in [4.78, 5) is 27.0. The highest BCUT2D eigenvalue weighted by Gasteiger charge is 2.26. The first-order valence-corrected chi connectivity index (χ1v) is 12.2. The van der Waals surface area contributed by atoms with E-state index in [0.29, 0.717) is 42.4 Å². The molecular formula is C29H30N4O4. The van der Waals surface area contributed by atoms with Crippen LogP contribution in [-0.2, 0) is 6.54 Å². The normalized spacial score (nSPS) is 14.0. The molecule has 0 radical (unpaired) electrons. The van der Waals surface area contributed by atoms with Crippen molar-refractivity contribution >= 4 is 16.8 Å². The van der Waals surface area contributed by atoms with E-state index in [2.05, 4.69) is 9.88 Å². The number of pyridine rings is 2. The zero-order chi connectivity index (χ0) is 25.8. The number of methoxy groups -OCH3 is 3. The number of rotatable bonds is 7. The fourth-order valence-corrected chi connectivity index (χ4v) is 4.82. The van der Waals surface area contributed by atoms with Gasteiger partial charge in [0.2, 0.25) is 5.75 Å². The lowest BCUT2D eigenvalue weighted by Crippen LogP contribution is -2.48. The summed E-state index contributed by atoms with van der Waals surface area (Å²) in [7, 11) is 4.85. The molecule has 0 atom stereocenters. The van der Waals surface area contributed by atoms with Gasteiger partial charge in [0.05, 0.1) is 38.1 Å². The van der Waals surface area contributed by atoms with Crippen LogP contribution in [0.5, 0.6) is 17.2 Å². The van der Waals surface area contributed by atoms with E-state index in [1.54, 1.807) is 33.7 Å². The Hall–Kier alpha value is -4.17. The minimum Gasteiger partial charge on any atom is -0.493 e. The number of carbonyl (C=O) groups is 1. The van der Waals surface area contributed by atoms with Crippen molar-refractivity contribution in [2.24, 2.45) is 0 Å². The van der Waals surface area contributed by atoms with Crippen molar-refractivity contribution in [3.8, 4) is 28.5 Å². The molecule has 1 aliphatic heterocycles. The summed E-state index contributed by atoms with van der Waals surface area (Å²) >= 11 is 0. The largest absolute Gasteiger partial charge is 0.493 e. The van der Waals surface area contributed by atoms with Gasteiger partial charge in [0.1, 0.15) is 0 Å². The molecule has 3 heterocycles. The van der Waals surface area contributed by atoms with E-state index in [1.807, 2.05) is 59.5 Å². The van der Waals surface area contributed by atoms with Gasteiger partial charge in [0, 0.05) is 61.6 Å². The molecule has 8 nitrogen and oxygen atoms in total. The third kappa shape index (κ3) is 4.93. The zero-order valence-electron chi connectivity index (χ0n) is 21.3. The molecule has 8 heteroatoms. The number of hydrogen-bond acceptors (Lipinski definition) is 7. The van der Waals surface area contributed by atoms with Crippen LogP contribution in [-0.4, -0.2) is 73.2 Å². The van der Waals surface area contributed by atoms with Gasteiger partial charge in [-0.2, -0.15) is 0 Å². The highest BCUT2D eigenvalue weighted by atomic mass is 16.5. The van der Waals surface area contributed by atoms with Crippen molar-refractivity contribution in [3.63, 3.8) is 0 Å². The second kappa shape index (κ2) is 10.8. The van der Waals surface area contributed by atoms with Crippen LogP contribution in [0.15, 0.2) is 67.0 Å². The van der Waals surface area contributed by atoms with Gasteiger partial charge in [-0.25, -0.2) is 4.98 Å². The second-order valence-corrected chi connectivity index (χ2v) is 8.88. The van der Waals surface area contributed by atoms with Crippen molar-refractivity contribution in [2.75, 3.05) is 47.5 Å². The van der Waals surface area contributed by atoms with Gasteiger partial charge >= 0.3 is 0 Å². The number of ether oxygens (including phenoxy) is 3. The Bertz CT molecular complexity index is 1400. The van der Waals surface area contributed by atoms with E-state index >= 15 is 0 Å². The molecule has 2 aromatic carbocycles. The molecule has 1 saturated heterocycles. The molecule has 0 saturated carbocycles. The number of nitrogens with zero attached hydrogens (tertiary/aromatic N) is 4. The highest BCUT2D eigenvalue weighted by molar-refractivity contribution is 6.07. The van der Waals surface area contributed by atoms with Crippen LogP contribution in [0.4, 0.5) is 0 Å². The molecule has 0 aliphatic carbocycles. The van der Waals surface area contributed by atoms with Crippen LogP contribution in [0.1, 0.15) is 15.9 Å². The van der Waals surface area contributed by atoms with Crippen molar-refractivity contribution in [3.05, 3.63) is 78.1 Å². The Kier molecular flexibility index (Phi) is 7.18. The first kappa shape index (κ1) is 24.5. The monoisotopic (exact) mass is 498 g/mol. The van der Waals surface area contributed by atoms with Crippen LogP contribution < -0.4 is 14.2 Å². The summed E-state index contributed by atoms with van der Waals surface area (Å²) in [5, 5.41) is 0.859. The Morgan fingerprint density at radius 3 is 2.38 bits per heavy atom. The molecule has 37 heavy (non-hydrogen) atoms. The summed E-state index contributed by atoms with van der Waals surface area (Å²) in [5.74, 6) is 1.91. The highest BCUT2D eigenvalue weighted by Crippen LogP contribution is 2.40. The Morgan fingerprint density at radius 2 is 1.68 bits per heavy atom. The number of piperazine rings is 1. The quantitative estimate of drug-likeness (QED) is 0.376. The topological polar surface area (TPSA) is 77.0 Å². The first-order valence-electron chi connectivity index (χ1n) is 12.2. The predicted octanol–water partition coefficient (Wildman–Crippen LogP) is 4.28. The number of benzene rings is 2. The minimum atomic E-state index is 0.0205. The zero-order valence-corrected chi connectivity index (χ0v) is 21.3. The molecule has 1 amide bonds. The lowest BCUT2D eigenvalue weighted by atomic mass is 10.0. The molecule has 0 bridgehead atoms. The standard InChI is InChI=1S/C29H30N4O4/c1-35-26-11-10-21(27(36-2)28(26)37-3)19-32-13-15-33(16-14-32)29(34)23-17-25(20-7-6-12-30-18-20)31-24-9-5-4-8-22(23)24/h4-12,17-18H,13-16,19H2,1-3H3. The van der Waals surface area contributed by atoms with Crippen LogP contribution >= 0.6 is 0 Å². The Balaban J connectivity index is 1.34. The SMILES string of the molecule is COc1ccc(CN2CCN(C(=O)c3cc(-c4cccnc4)nc4ccccc34)CC2)c(OC)c1OC. The van der Waals surface area contributed by atoms with E-state index in [9.17, 15) is 4.79 Å².